The third-order valence-electron chi connectivity index (χ3n) is 4.10. The lowest BCUT2D eigenvalue weighted by atomic mass is 10.1. The number of benzene rings is 1. The average molecular weight is 452 g/mol. The van der Waals surface area contributed by atoms with Gasteiger partial charge in [0.05, 0.1) is 5.02 Å². The van der Waals surface area contributed by atoms with E-state index in [9.17, 15) is 18.4 Å². The number of aromatic nitrogens is 2. The Balaban J connectivity index is 1.95. The van der Waals surface area contributed by atoms with Gasteiger partial charge in [-0.25, -0.2) is 23.5 Å². The molecule has 0 aliphatic rings. The van der Waals surface area contributed by atoms with Crippen LogP contribution in [0.3, 0.4) is 0 Å². The van der Waals surface area contributed by atoms with Gasteiger partial charge in [0, 0.05) is 37.1 Å². The van der Waals surface area contributed by atoms with E-state index in [1.54, 1.807) is 6.07 Å². The average Bonchev–Trinajstić information content (AvgIpc) is 2.70. The lowest BCUT2D eigenvalue weighted by molar-refractivity contribution is 0.0687. The van der Waals surface area contributed by atoms with E-state index in [-0.39, 0.29) is 34.5 Å². The number of carbonyl (C=O) groups excluding carboxylic acids is 1. The van der Waals surface area contributed by atoms with Gasteiger partial charge in [-0.1, -0.05) is 29.3 Å². The number of pyridine rings is 2. The van der Waals surface area contributed by atoms with Crippen molar-refractivity contribution in [3.05, 3.63) is 93.0 Å². The molecule has 3 aromatic rings. The van der Waals surface area contributed by atoms with Crippen LogP contribution in [0.2, 0.25) is 10.2 Å². The molecule has 30 heavy (non-hydrogen) atoms. The number of carboxylic acids is 1. The van der Waals surface area contributed by atoms with E-state index >= 15 is 0 Å². The zero-order chi connectivity index (χ0) is 21.8. The van der Waals surface area contributed by atoms with Gasteiger partial charge in [-0.3, -0.25) is 4.79 Å². The summed E-state index contributed by atoms with van der Waals surface area (Å²) in [4.78, 5) is 32.9. The minimum absolute atomic E-state index is 0.0276. The maximum absolute atomic E-state index is 13.6. The summed E-state index contributed by atoms with van der Waals surface area (Å²) in [5.74, 6) is -3.64. The largest absolute Gasteiger partial charge is 0.477 e. The number of rotatable bonds is 6. The molecular formula is C20H13Cl2F2N3O3. The monoisotopic (exact) mass is 451 g/mol. The Labute approximate surface area is 179 Å². The third-order valence-corrected chi connectivity index (χ3v) is 4.91. The van der Waals surface area contributed by atoms with Crippen molar-refractivity contribution in [2.45, 2.75) is 13.1 Å². The molecule has 154 valence electrons. The van der Waals surface area contributed by atoms with Crippen molar-refractivity contribution in [1.82, 2.24) is 14.9 Å². The summed E-state index contributed by atoms with van der Waals surface area (Å²) in [7, 11) is 0. The second-order valence-corrected chi connectivity index (χ2v) is 6.99. The molecule has 2 aromatic heterocycles. The quantitative estimate of drug-likeness (QED) is 0.553. The van der Waals surface area contributed by atoms with E-state index in [1.807, 2.05) is 0 Å². The second-order valence-electron chi connectivity index (χ2n) is 6.25. The fourth-order valence-corrected chi connectivity index (χ4v) is 3.06. The first-order valence-electron chi connectivity index (χ1n) is 8.47. The van der Waals surface area contributed by atoms with Crippen LogP contribution in [0.25, 0.3) is 0 Å². The molecule has 1 N–H and O–H groups in total. The van der Waals surface area contributed by atoms with E-state index in [1.165, 1.54) is 29.4 Å². The Morgan fingerprint density at radius 1 is 1.00 bits per heavy atom. The molecule has 0 atom stereocenters. The zero-order valence-electron chi connectivity index (χ0n) is 15.2. The van der Waals surface area contributed by atoms with Crippen molar-refractivity contribution < 1.29 is 23.5 Å². The lowest BCUT2D eigenvalue weighted by Crippen LogP contribution is -2.30. The Hall–Kier alpha value is -3.10. The highest BCUT2D eigenvalue weighted by atomic mass is 35.5. The van der Waals surface area contributed by atoms with Gasteiger partial charge in [-0.15, -0.1) is 0 Å². The highest BCUT2D eigenvalue weighted by Gasteiger charge is 2.20. The molecule has 10 heteroatoms. The van der Waals surface area contributed by atoms with Crippen LogP contribution in [0.4, 0.5) is 8.78 Å². The van der Waals surface area contributed by atoms with Gasteiger partial charge in [-0.2, -0.15) is 0 Å². The normalized spacial score (nSPS) is 10.7. The first-order valence-corrected chi connectivity index (χ1v) is 9.22. The van der Waals surface area contributed by atoms with Gasteiger partial charge in [0.25, 0.3) is 5.91 Å². The molecule has 1 amide bonds. The summed E-state index contributed by atoms with van der Waals surface area (Å²) >= 11 is 12.1. The van der Waals surface area contributed by atoms with Gasteiger partial charge in [0.2, 0.25) is 0 Å². The first-order chi connectivity index (χ1) is 14.2. The Kier molecular flexibility index (Phi) is 6.59. The van der Waals surface area contributed by atoms with Crippen LogP contribution in [0.1, 0.15) is 32.0 Å². The Bertz CT molecular complexity index is 1090. The van der Waals surface area contributed by atoms with Crippen LogP contribution in [0, 0.1) is 11.6 Å². The fraction of sp³-hybridized carbons (Fsp3) is 0.100. The third kappa shape index (κ3) is 5.08. The molecule has 2 heterocycles. The van der Waals surface area contributed by atoms with Crippen molar-refractivity contribution in [3.63, 3.8) is 0 Å². The second kappa shape index (κ2) is 9.15. The van der Waals surface area contributed by atoms with Crippen LogP contribution in [-0.4, -0.2) is 31.9 Å². The van der Waals surface area contributed by atoms with Crippen LogP contribution in [0.15, 0.2) is 48.8 Å². The van der Waals surface area contributed by atoms with Crippen LogP contribution >= 0.6 is 23.2 Å². The number of nitrogens with zero attached hydrogens (tertiary/aromatic N) is 3. The minimum atomic E-state index is -1.19. The van der Waals surface area contributed by atoms with Crippen LogP contribution in [0.5, 0.6) is 0 Å². The molecule has 0 radical (unpaired) electrons. The number of aromatic carboxylic acids is 1. The molecule has 0 saturated carbocycles. The van der Waals surface area contributed by atoms with Crippen molar-refractivity contribution in [1.29, 1.82) is 0 Å². The predicted molar refractivity (Wildman–Crippen MR) is 105 cm³/mol. The number of hydrogen-bond acceptors (Lipinski definition) is 4. The van der Waals surface area contributed by atoms with E-state index in [2.05, 4.69) is 9.97 Å². The zero-order valence-corrected chi connectivity index (χ0v) is 16.7. The number of amides is 1. The molecule has 6 nitrogen and oxygen atoms in total. The van der Waals surface area contributed by atoms with Crippen molar-refractivity contribution >= 4 is 35.1 Å². The van der Waals surface area contributed by atoms with Gasteiger partial charge in [0.15, 0.2) is 0 Å². The van der Waals surface area contributed by atoms with E-state index in [0.717, 1.165) is 12.1 Å². The molecule has 0 fully saturated rings. The summed E-state index contributed by atoms with van der Waals surface area (Å²) in [6.07, 6.45) is 2.72. The maximum atomic E-state index is 13.6. The summed E-state index contributed by atoms with van der Waals surface area (Å²) < 4.78 is 27.2. The summed E-state index contributed by atoms with van der Waals surface area (Å²) in [6.45, 7) is -0.0706. The lowest BCUT2D eigenvalue weighted by Gasteiger charge is -2.24. The molecule has 0 bridgehead atoms. The first kappa shape index (κ1) is 21.6. The summed E-state index contributed by atoms with van der Waals surface area (Å²) in [5.41, 5.74) is 0.616. The molecular weight excluding hydrogens is 439 g/mol. The van der Waals surface area contributed by atoms with Gasteiger partial charge >= 0.3 is 5.97 Å². The number of halogens is 4. The molecule has 0 unspecified atom stereocenters. The Morgan fingerprint density at radius 2 is 1.70 bits per heavy atom. The van der Waals surface area contributed by atoms with Gasteiger partial charge in [0.1, 0.15) is 22.5 Å². The van der Waals surface area contributed by atoms with Crippen molar-refractivity contribution in [3.8, 4) is 0 Å². The molecule has 0 aliphatic heterocycles. The number of hydrogen-bond donors (Lipinski definition) is 1. The van der Waals surface area contributed by atoms with E-state index < -0.39 is 23.5 Å². The van der Waals surface area contributed by atoms with Crippen LogP contribution < -0.4 is 0 Å². The standard InChI is InChI=1S/C20H13Cl2F2N3O3/c21-17-12(3-4-25-18(17)22)10-27(9-11-1-2-16(20(29)30)26-8-11)19(28)13-5-14(23)7-15(24)6-13/h1-8H,9-10H2,(H,29,30). The molecule has 1 aromatic carbocycles. The van der Waals surface area contributed by atoms with Gasteiger partial charge in [-0.05, 0) is 35.4 Å². The highest BCUT2D eigenvalue weighted by Crippen LogP contribution is 2.26. The molecule has 0 saturated heterocycles. The number of carbonyl (C=O) groups is 2. The minimum Gasteiger partial charge on any atom is -0.477 e. The molecule has 0 aliphatic carbocycles. The summed E-state index contributed by atoms with van der Waals surface area (Å²) in [6, 6.07) is 6.85. The van der Waals surface area contributed by atoms with Crippen molar-refractivity contribution in [2.75, 3.05) is 0 Å². The smallest absolute Gasteiger partial charge is 0.354 e. The van der Waals surface area contributed by atoms with Crippen molar-refractivity contribution in [2.24, 2.45) is 0 Å². The SMILES string of the molecule is O=C(O)c1ccc(CN(Cc2ccnc(Cl)c2Cl)C(=O)c2cc(F)cc(F)c2)cn1. The molecule has 3 rings (SSSR count). The summed E-state index contributed by atoms with van der Waals surface area (Å²) in [5, 5.41) is 9.15. The topological polar surface area (TPSA) is 83.4 Å². The number of carboxylic acid groups (broad SMARTS) is 1. The van der Waals surface area contributed by atoms with Crippen LogP contribution in [-0.2, 0) is 13.1 Å². The highest BCUT2D eigenvalue weighted by molar-refractivity contribution is 6.41. The Morgan fingerprint density at radius 3 is 2.30 bits per heavy atom. The predicted octanol–water partition coefficient (Wildman–Crippen LogP) is 4.60. The van der Waals surface area contributed by atoms with E-state index in [0.29, 0.717) is 17.2 Å². The van der Waals surface area contributed by atoms with Gasteiger partial charge < -0.3 is 10.0 Å². The molecule has 0 spiro atoms. The maximum Gasteiger partial charge on any atom is 0.354 e. The van der Waals surface area contributed by atoms with E-state index in [4.69, 9.17) is 28.3 Å². The fourth-order valence-electron chi connectivity index (χ4n) is 2.71.